The number of benzene rings is 2. The third-order valence-electron chi connectivity index (χ3n) is 3.25. The molecule has 0 aliphatic carbocycles. The number of hydrogen-bond acceptors (Lipinski definition) is 3. The SMILES string of the molecule is Cc1cc2c(cc1N)sc1cc(N)c(C)cc12. The Kier molecular flexibility index (Phi) is 2.07. The molecule has 1 heterocycles. The Morgan fingerprint density at radius 2 is 1.18 bits per heavy atom. The number of aryl methyl sites for hydroxylation is 2. The summed E-state index contributed by atoms with van der Waals surface area (Å²) < 4.78 is 2.46. The van der Waals surface area contributed by atoms with Crippen molar-refractivity contribution >= 4 is 42.9 Å². The first-order chi connectivity index (χ1) is 8.06. The van der Waals surface area contributed by atoms with E-state index in [9.17, 15) is 0 Å². The second kappa shape index (κ2) is 3.37. The summed E-state index contributed by atoms with van der Waals surface area (Å²) in [6.07, 6.45) is 0. The lowest BCUT2D eigenvalue weighted by Crippen LogP contribution is -1.88. The minimum atomic E-state index is 0.855. The van der Waals surface area contributed by atoms with Crippen LogP contribution in [0, 0.1) is 13.8 Å². The lowest BCUT2D eigenvalue weighted by molar-refractivity contribution is 1.50. The van der Waals surface area contributed by atoms with Crippen molar-refractivity contribution in [2.45, 2.75) is 13.8 Å². The maximum atomic E-state index is 5.95. The monoisotopic (exact) mass is 242 g/mol. The second-order valence-electron chi connectivity index (χ2n) is 4.51. The van der Waals surface area contributed by atoms with Crippen molar-refractivity contribution in [3.05, 3.63) is 35.4 Å². The lowest BCUT2D eigenvalue weighted by atomic mass is 10.1. The number of rotatable bonds is 0. The molecule has 0 unspecified atom stereocenters. The molecule has 86 valence electrons. The van der Waals surface area contributed by atoms with Gasteiger partial charge in [-0.2, -0.15) is 0 Å². The van der Waals surface area contributed by atoms with Crippen LogP contribution in [0.1, 0.15) is 11.1 Å². The van der Waals surface area contributed by atoms with Crippen molar-refractivity contribution < 1.29 is 0 Å². The zero-order chi connectivity index (χ0) is 12.2. The Bertz CT molecular complexity index is 679. The molecule has 3 rings (SSSR count). The smallest absolute Gasteiger partial charge is 0.0376 e. The summed E-state index contributed by atoms with van der Waals surface area (Å²) in [7, 11) is 0. The molecule has 0 radical (unpaired) electrons. The molecule has 3 heteroatoms. The molecule has 2 nitrogen and oxygen atoms in total. The highest BCUT2D eigenvalue weighted by atomic mass is 32.1. The van der Waals surface area contributed by atoms with Crippen LogP contribution in [0.15, 0.2) is 24.3 Å². The summed E-state index contributed by atoms with van der Waals surface area (Å²) in [6, 6.07) is 8.44. The predicted molar refractivity (Wildman–Crippen MR) is 77.6 cm³/mol. The van der Waals surface area contributed by atoms with Gasteiger partial charge in [0.15, 0.2) is 0 Å². The van der Waals surface area contributed by atoms with E-state index in [2.05, 4.69) is 24.3 Å². The average molecular weight is 242 g/mol. The van der Waals surface area contributed by atoms with Crippen LogP contribution in [0.2, 0.25) is 0 Å². The first-order valence-electron chi connectivity index (χ1n) is 5.54. The molecule has 0 fully saturated rings. The molecule has 0 bridgehead atoms. The molecule has 0 saturated carbocycles. The number of hydrogen-bond donors (Lipinski definition) is 2. The highest BCUT2D eigenvalue weighted by Crippen LogP contribution is 2.37. The van der Waals surface area contributed by atoms with Crippen molar-refractivity contribution in [3.8, 4) is 0 Å². The van der Waals surface area contributed by atoms with E-state index in [0.29, 0.717) is 0 Å². The van der Waals surface area contributed by atoms with Crippen molar-refractivity contribution in [2.75, 3.05) is 11.5 Å². The third kappa shape index (κ3) is 1.46. The quantitative estimate of drug-likeness (QED) is 0.588. The van der Waals surface area contributed by atoms with Crippen LogP contribution < -0.4 is 11.5 Å². The normalized spacial score (nSPS) is 11.4. The molecule has 0 spiro atoms. The number of anilines is 2. The molecular weight excluding hydrogens is 228 g/mol. The molecular formula is C14H14N2S. The lowest BCUT2D eigenvalue weighted by Gasteiger charge is -2.01. The van der Waals surface area contributed by atoms with Crippen LogP contribution in [0.25, 0.3) is 20.2 Å². The Morgan fingerprint density at radius 3 is 1.59 bits per heavy atom. The molecule has 3 aromatic rings. The Labute approximate surface area is 104 Å². The van der Waals surface area contributed by atoms with Crippen molar-refractivity contribution in [1.29, 1.82) is 0 Å². The fourth-order valence-corrected chi connectivity index (χ4v) is 3.28. The maximum absolute atomic E-state index is 5.95. The topological polar surface area (TPSA) is 52.0 Å². The average Bonchev–Trinajstić information content (AvgIpc) is 2.58. The molecule has 0 atom stereocenters. The van der Waals surface area contributed by atoms with E-state index in [-0.39, 0.29) is 0 Å². The molecule has 0 saturated heterocycles. The maximum Gasteiger partial charge on any atom is 0.0376 e. The molecule has 4 N–H and O–H groups in total. The number of fused-ring (bicyclic) bond motifs is 3. The standard InChI is InChI=1S/C14H14N2S/c1-7-3-9-10-4-8(2)12(16)6-14(10)17-13(9)5-11(7)15/h3-6H,15-16H2,1-2H3. The largest absolute Gasteiger partial charge is 0.398 e. The van der Waals surface area contributed by atoms with E-state index >= 15 is 0 Å². The number of nitrogen functional groups attached to an aromatic ring is 2. The zero-order valence-electron chi connectivity index (χ0n) is 9.87. The van der Waals surface area contributed by atoms with Gasteiger partial charge in [-0.1, -0.05) is 0 Å². The van der Waals surface area contributed by atoms with E-state index in [1.807, 2.05) is 13.8 Å². The van der Waals surface area contributed by atoms with Gasteiger partial charge in [-0.15, -0.1) is 11.3 Å². The van der Waals surface area contributed by atoms with Crippen LogP contribution in [0.5, 0.6) is 0 Å². The Balaban J connectivity index is 2.51. The van der Waals surface area contributed by atoms with Gasteiger partial charge in [0.1, 0.15) is 0 Å². The summed E-state index contributed by atoms with van der Waals surface area (Å²) in [4.78, 5) is 0. The second-order valence-corrected chi connectivity index (χ2v) is 5.60. The van der Waals surface area contributed by atoms with Crippen molar-refractivity contribution in [2.24, 2.45) is 0 Å². The molecule has 0 amide bonds. The summed E-state index contributed by atoms with van der Waals surface area (Å²) in [5, 5.41) is 2.56. The molecule has 1 aromatic heterocycles. The number of nitrogens with two attached hydrogens (primary N) is 2. The van der Waals surface area contributed by atoms with Gasteiger partial charge in [0.2, 0.25) is 0 Å². The molecule has 2 aromatic carbocycles. The Hall–Kier alpha value is -1.74. The van der Waals surface area contributed by atoms with Gasteiger partial charge in [-0.3, -0.25) is 0 Å². The van der Waals surface area contributed by atoms with Crippen molar-refractivity contribution in [1.82, 2.24) is 0 Å². The molecule has 0 aliphatic rings. The van der Waals surface area contributed by atoms with E-state index in [1.54, 1.807) is 11.3 Å². The molecule has 17 heavy (non-hydrogen) atoms. The minimum Gasteiger partial charge on any atom is -0.398 e. The summed E-state index contributed by atoms with van der Waals surface area (Å²) in [5.74, 6) is 0. The van der Waals surface area contributed by atoms with Gasteiger partial charge >= 0.3 is 0 Å². The van der Waals surface area contributed by atoms with Crippen molar-refractivity contribution in [3.63, 3.8) is 0 Å². The van der Waals surface area contributed by atoms with Gasteiger partial charge in [-0.05, 0) is 49.2 Å². The predicted octanol–water partition coefficient (Wildman–Crippen LogP) is 3.84. The van der Waals surface area contributed by atoms with Crippen LogP contribution in [-0.2, 0) is 0 Å². The summed E-state index contributed by atoms with van der Waals surface area (Å²) in [6.45, 7) is 4.09. The fraction of sp³-hybridized carbons (Fsp3) is 0.143. The van der Waals surface area contributed by atoms with Gasteiger partial charge < -0.3 is 11.5 Å². The van der Waals surface area contributed by atoms with E-state index in [0.717, 1.165) is 22.5 Å². The first-order valence-corrected chi connectivity index (χ1v) is 6.36. The van der Waals surface area contributed by atoms with Gasteiger partial charge in [-0.25, -0.2) is 0 Å². The summed E-state index contributed by atoms with van der Waals surface area (Å²) >= 11 is 1.75. The van der Waals surface area contributed by atoms with Gasteiger partial charge in [0.05, 0.1) is 0 Å². The van der Waals surface area contributed by atoms with E-state index < -0.39 is 0 Å². The van der Waals surface area contributed by atoms with Crippen LogP contribution >= 0.6 is 11.3 Å². The summed E-state index contributed by atoms with van der Waals surface area (Å²) in [5.41, 5.74) is 15.9. The third-order valence-corrected chi connectivity index (χ3v) is 4.36. The Morgan fingerprint density at radius 1 is 0.765 bits per heavy atom. The highest BCUT2D eigenvalue weighted by molar-refractivity contribution is 7.25. The zero-order valence-corrected chi connectivity index (χ0v) is 10.7. The van der Waals surface area contributed by atoms with E-state index in [1.165, 1.54) is 20.2 Å². The molecule has 0 aliphatic heterocycles. The van der Waals surface area contributed by atoms with Crippen LogP contribution in [0.3, 0.4) is 0 Å². The van der Waals surface area contributed by atoms with Crippen LogP contribution in [-0.4, -0.2) is 0 Å². The highest BCUT2D eigenvalue weighted by Gasteiger charge is 2.08. The fourth-order valence-electron chi connectivity index (χ4n) is 2.12. The van der Waals surface area contributed by atoms with E-state index in [4.69, 9.17) is 11.5 Å². The van der Waals surface area contributed by atoms with Gasteiger partial charge in [0, 0.05) is 31.5 Å². The van der Waals surface area contributed by atoms with Gasteiger partial charge in [0.25, 0.3) is 0 Å². The first kappa shape index (κ1) is 10.4. The number of thiophene rings is 1. The van der Waals surface area contributed by atoms with Crippen LogP contribution in [0.4, 0.5) is 11.4 Å². The minimum absolute atomic E-state index is 0.855.